The molecule has 3 N–H and O–H groups in total. The lowest BCUT2D eigenvalue weighted by Gasteiger charge is -2.07. The number of nitrogens with two attached hydrogens (primary N) is 1. The summed E-state index contributed by atoms with van der Waals surface area (Å²) >= 11 is 5.81. The first-order valence-corrected chi connectivity index (χ1v) is 9.43. The molecule has 0 fully saturated rings. The van der Waals surface area contributed by atoms with Gasteiger partial charge in [-0.3, -0.25) is 9.59 Å². The van der Waals surface area contributed by atoms with E-state index in [1.54, 1.807) is 24.3 Å². The summed E-state index contributed by atoms with van der Waals surface area (Å²) < 4.78 is 5.03. The number of rotatable bonds is 9. The van der Waals surface area contributed by atoms with Gasteiger partial charge in [-0.25, -0.2) is 4.79 Å². The zero-order valence-electron chi connectivity index (χ0n) is 15.7. The van der Waals surface area contributed by atoms with Gasteiger partial charge >= 0.3 is 5.97 Å². The number of esters is 1. The normalized spacial score (nSPS) is 10.4. The van der Waals surface area contributed by atoms with E-state index in [1.165, 1.54) is 18.2 Å². The molecule has 6 nitrogen and oxygen atoms in total. The second-order valence-electron chi connectivity index (χ2n) is 6.32. The van der Waals surface area contributed by atoms with Crippen LogP contribution in [0.3, 0.4) is 0 Å². The molecular formula is C21H23ClN2O4. The van der Waals surface area contributed by atoms with Crippen LogP contribution >= 0.6 is 11.6 Å². The maximum absolute atomic E-state index is 12.2. The molecule has 0 aromatic heterocycles. The third kappa shape index (κ3) is 6.39. The highest BCUT2D eigenvalue weighted by molar-refractivity contribution is 6.33. The van der Waals surface area contributed by atoms with Crippen molar-refractivity contribution in [2.24, 2.45) is 0 Å². The SMILES string of the molecule is CCCCCC(=O)Nc1ccc(C(=O)COC(=O)c2ccc(Cl)c(N)c2)cc1. The average molecular weight is 403 g/mol. The predicted molar refractivity (Wildman–Crippen MR) is 110 cm³/mol. The van der Waals surface area contributed by atoms with Crippen LogP contribution in [0, 0.1) is 0 Å². The number of nitrogen functional groups attached to an aromatic ring is 1. The Hall–Kier alpha value is -2.86. The molecule has 0 bridgehead atoms. The number of hydrogen-bond acceptors (Lipinski definition) is 5. The van der Waals surface area contributed by atoms with E-state index >= 15 is 0 Å². The van der Waals surface area contributed by atoms with Crippen LogP contribution in [-0.2, 0) is 9.53 Å². The Morgan fingerprint density at radius 3 is 2.36 bits per heavy atom. The third-order valence-electron chi connectivity index (χ3n) is 4.06. The van der Waals surface area contributed by atoms with Crippen molar-refractivity contribution in [1.29, 1.82) is 0 Å². The maximum Gasteiger partial charge on any atom is 0.338 e. The summed E-state index contributed by atoms with van der Waals surface area (Å²) in [6, 6.07) is 10.8. The summed E-state index contributed by atoms with van der Waals surface area (Å²) in [4.78, 5) is 36.0. The standard InChI is InChI=1S/C21H23ClN2O4/c1-2-3-4-5-20(26)24-16-9-6-14(7-10-16)19(25)13-28-21(27)15-8-11-17(22)18(23)12-15/h6-12H,2-5,13,23H2,1H3,(H,24,26). The fraction of sp³-hybridized carbons (Fsp3) is 0.286. The summed E-state index contributed by atoms with van der Waals surface area (Å²) in [6.45, 7) is 1.68. The molecule has 7 heteroatoms. The van der Waals surface area contributed by atoms with E-state index in [-0.39, 0.29) is 22.9 Å². The lowest BCUT2D eigenvalue weighted by atomic mass is 10.1. The predicted octanol–water partition coefficient (Wildman–Crippen LogP) is 4.48. The Morgan fingerprint density at radius 2 is 1.71 bits per heavy atom. The summed E-state index contributed by atoms with van der Waals surface area (Å²) in [5.41, 5.74) is 7.13. The van der Waals surface area contributed by atoms with E-state index in [0.717, 1.165) is 19.3 Å². The average Bonchev–Trinajstić information content (AvgIpc) is 2.68. The molecule has 2 aromatic carbocycles. The Morgan fingerprint density at radius 1 is 1.04 bits per heavy atom. The van der Waals surface area contributed by atoms with Gasteiger partial charge in [-0.1, -0.05) is 31.4 Å². The van der Waals surface area contributed by atoms with Crippen molar-refractivity contribution in [2.45, 2.75) is 32.6 Å². The van der Waals surface area contributed by atoms with Crippen LogP contribution in [0.1, 0.15) is 53.3 Å². The number of carbonyl (C=O) groups excluding carboxylic acids is 3. The topological polar surface area (TPSA) is 98.5 Å². The Balaban J connectivity index is 1.86. The van der Waals surface area contributed by atoms with Crippen LogP contribution in [0.4, 0.5) is 11.4 Å². The minimum Gasteiger partial charge on any atom is -0.454 e. The highest BCUT2D eigenvalue weighted by Gasteiger charge is 2.13. The monoisotopic (exact) mass is 402 g/mol. The molecule has 0 atom stereocenters. The molecule has 2 aromatic rings. The van der Waals surface area contributed by atoms with E-state index < -0.39 is 12.6 Å². The van der Waals surface area contributed by atoms with Crippen molar-refractivity contribution in [1.82, 2.24) is 0 Å². The van der Waals surface area contributed by atoms with E-state index in [0.29, 0.717) is 22.7 Å². The van der Waals surface area contributed by atoms with Crippen LogP contribution in [0.25, 0.3) is 0 Å². The van der Waals surface area contributed by atoms with Crippen molar-refractivity contribution >= 4 is 40.6 Å². The molecule has 148 valence electrons. The Kier molecular flexibility index (Phi) is 8.02. The van der Waals surface area contributed by atoms with Gasteiger partial charge in [0.2, 0.25) is 5.91 Å². The molecule has 0 saturated carbocycles. The van der Waals surface area contributed by atoms with E-state index in [2.05, 4.69) is 12.2 Å². The first-order valence-electron chi connectivity index (χ1n) is 9.06. The van der Waals surface area contributed by atoms with Crippen molar-refractivity contribution < 1.29 is 19.1 Å². The number of benzene rings is 2. The van der Waals surface area contributed by atoms with Gasteiger partial charge in [0.1, 0.15) is 0 Å². The molecule has 2 rings (SSSR count). The fourth-order valence-corrected chi connectivity index (χ4v) is 2.58. The van der Waals surface area contributed by atoms with Gasteiger partial charge in [0.25, 0.3) is 0 Å². The van der Waals surface area contributed by atoms with Crippen LogP contribution in [0.5, 0.6) is 0 Å². The number of Topliss-reactive ketones (excluding diaryl/α,β-unsaturated/α-hetero) is 1. The number of nitrogens with one attached hydrogen (secondary N) is 1. The van der Waals surface area contributed by atoms with Gasteiger partial charge in [-0.05, 0) is 48.9 Å². The summed E-state index contributed by atoms with van der Waals surface area (Å²) in [5, 5.41) is 3.13. The largest absolute Gasteiger partial charge is 0.454 e. The minimum absolute atomic E-state index is 0.0521. The number of ketones is 1. The number of amides is 1. The van der Waals surface area contributed by atoms with Gasteiger partial charge in [0, 0.05) is 17.7 Å². The maximum atomic E-state index is 12.2. The first-order chi connectivity index (χ1) is 13.4. The molecule has 0 aliphatic heterocycles. The van der Waals surface area contributed by atoms with Crippen molar-refractivity contribution in [3.8, 4) is 0 Å². The number of hydrogen-bond donors (Lipinski definition) is 2. The van der Waals surface area contributed by atoms with Gasteiger partial charge in [-0.15, -0.1) is 0 Å². The molecule has 0 heterocycles. The Labute approximate surface area is 169 Å². The van der Waals surface area contributed by atoms with E-state index in [1.807, 2.05) is 0 Å². The molecule has 0 saturated heterocycles. The van der Waals surface area contributed by atoms with E-state index in [9.17, 15) is 14.4 Å². The molecule has 0 aliphatic carbocycles. The van der Waals surface area contributed by atoms with E-state index in [4.69, 9.17) is 22.1 Å². The smallest absolute Gasteiger partial charge is 0.338 e. The van der Waals surface area contributed by atoms with Gasteiger partial charge in [0.15, 0.2) is 12.4 Å². The van der Waals surface area contributed by atoms with Crippen LogP contribution in [-0.4, -0.2) is 24.3 Å². The first kappa shape index (κ1) is 21.4. The molecule has 0 aliphatic rings. The highest BCUT2D eigenvalue weighted by Crippen LogP contribution is 2.20. The minimum atomic E-state index is -0.660. The zero-order valence-corrected chi connectivity index (χ0v) is 16.4. The van der Waals surface area contributed by atoms with Crippen LogP contribution in [0.15, 0.2) is 42.5 Å². The van der Waals surface area contributed by atoms with Crippen LogP contribution < -0.4 is 11.1 Å². The lowest BCUT2D eigenvalue weighted by Crippen LogP contribution is -2.15. The number of unbranched alkanes of at least 4 members (excludes halogenated alkanes) is 2. The lowest BCUT2D eigenvalue weighted by molar-refractivity contribution is -0.116. The molecule has 0 spiro atoms. The number of halogens is 1. The van der Waals surface area contributed by atoms with Gasteiger partial charge < -0.3 is 15.8 Å². The number of ether oxygens (including phenoxy) is 1. The molecule has 28 heavy (non-hydrogen) atoms. The summed E-state index contributed by atoms with van der Waals surface area (Å²) in [5.74, 6) is -1.06. The third-order valence-corrected chi connectivity index (χ3v) is 4.41. The molecule has 1 amide bonds. The molecule has 0 unspecified atom stereocenters. The second kappa shape index (κ2) is 10.5. The second-order valence-corrected chi connectivity index (χ2v) is 6.73. The summed E-state index contributed by atoms with van der Waals surface area (Å²) in [7, 11) is 0. The zero-order chi connectivity index (χ0) is 20.5. The highest BCUT2D eigenvalue weighted by atomic mass is 35.5. The molecular weight excluding hydrogens is 380 g/mol. The Bertz CT molecular complexity index is 850. The quantitative estimate of drug-likeness (QED) is 0.279. The summed E-state index contributed by atoms with van der Waals surface area (Å²) in [6.07, 6.45) is 3.39. The number of carbonyl (C=O) groups is 3. The van der Waals surface area contributed by atoms with Crippen molar-refractivity contribution in [3.05, 3.63) is 58.6 Å². The van der Waals surface area contributed by atoms with Crippen molar-refractivity contribution in [3.63, 3.8) is 0 Å². The van der Waals surface area contributed by atoms with Crippen LogP contribution in [0.2, 0.25) is 5.02 Å². The number of anilines is 2. The fourth-order valence-electron chi connectivity index (χ4n) is 2.47. The van der Waals surface area contributed by atoms with Gasteiger partial charge in [-0.2, -0.15) is 0 Å². The van der Waals surface area contributed by atoms with Gasteiger partial charge in [0.05, 0.1) is 16.3 Å². The van der Waals surface area contributed by atoms with Crippen molar-refractivity contribution in [2.75, 3.05) is 17.7 Å². The molecule has 0 radical (unpaired) electrons.